The molecule has 1 aromatic heterocycles. The van der Waals surface area contributed by atoms with E-state index in [1.54, 1.807) is 18.2 Å². The van der Waals surface area contributed by atoms with Crippen molar-refractivity contribution in [3.8, 4) is 0 Å². The highest BCUT2D eigenvalue weighted by molar-refractivity contribution is 5.90. The topological polar surface area (TPSA) is 43.8 Å². The van der Waals surface area contributed by atoms with Crippen LogP contribution >= 0.6 is 0 Å². The van der Waals surface area contributed by atoms with Gasteiger partial charge in [-0.2, -0.15) is 13.9 Å². The normalized spacial score (nSPS) is 11.3. The van der Waals surface area contributed by atoms with Crippen LogP contribution in [-0.2, 0) is 0 Å². The van der Waals surface area contributed by atoms with E-state index >= 15 is 0 Å². The maximum Gasteiger partial charge on any atom is 0.333 e. The number of fused-ring (bicyclic) bond motifs is 1. The first-order chi connectivity index (χ1) is 6.20. The van der Waals surface area contributed by atoms with E-state index < -0.39 is 6.55 Å². The lowest BCUT2D eigenvalue weighted by Gasteiger charge is -2.00. The fraction of sp³-hybridized carbons (Fsp3) is 0.125. The Morgan fingerprint density at radius 1 is 1.38 bits per heavy atom. The molecule has 1 aromatic carbocycles. The average Bonchev–Trinajstić information content (AvgIpc) is 2.48. The number of rotatable bonds is 1. The van der Waals surface area contributed by atoms with Crippen LogP contribution < -0.4 is 5.73 Å². The van der Waals surface area contributed by atoms with Crippen LogP contribution in [0.1, 0.15) is 6.55 Å². The molecule has 0 amide bonds. The van der Waals surface area contributed by atoms with Gasteiger partial charge in [0, 0.05) is 11.1 Å². The van der Waals surface area contributed by atoms with E-state index in [4.69, 9.17) is 5.73 Å². The molecule has 2 aromatic rings. The van der Waals surface area contributed by atoms with Crippen molar-refractivity contribution in [1.29, 1.82) is 0 Å². The summed E-state index contributed by atoms with van der Waals surface area (Å²) in [6.45, 7) is -2.63. The van der Waals surface area contributed by atoms with Gasteiger partial charge in [-0.15, -0.1) is 0 Å². The van der Waals surface area contributed by atoms with Gasteiger partial charge in [-0.05, 0) is 12.1 Å². The molecule has 0 aliphatic heterocycles. The highest BCUT2D eigenvalue weighted by Crippen LogP contribution is 2.23. The second-order valence-corrected chi connectivity index (χ2v) is 2.65. The summed E-state index contributed by atoms with van der Waals surface area (Å²) in [6, 6.07) is 4.84. The molecule has 1 heterocycles. The molecular weight excluding hydrogens is 176 g/mol. The second kappa shape index (κ2) is 2.69. The van der Waals surface area contributed by atoms with Gasteiger partial charge in [0.05, 0.1) is 11.7 Å². The highest BCUT2D eigenvalue weighted by atomic mass is 19.3. The Bertz CT molecular complexity index is 436. The molecule has 5 heteroatoms. The molecule has 0 bridgehead atoms. The number of aromatic nitrogens is 2. The van der Waals surface area contributed by atoms with Crippen LogP contribution in [0.5, 0.6) is 0 Å². The zero-order chi connectivity index (χ0) is 9.42. The highest BCUT2D eigenvalue weighted by Gasteiger charge is 2.11. The zero-order valence-electron chi connectivity index (χ0n) is 6.61. The first kappa shape index (κ1) is 7.97. The first-order valence-electron chi connectivity index (χ1n) is 3.70. The van der Waals surface area contributed by atoms with Crippen LogP contribution in [0.4, 0.5) is 14.5 Å². The van der Waals surface area contributed by atoms with E-state index in [1.165, 1.54) is 6.20 Å². The van der Waals surface area contributed by atoms with Crippen molar-refractivity contribution < 1.29 is 8.78 Å². The lowest BCUT2D eigenvalue weighted by atomic mass is 10.2. The van der Waals surface area contributed by atoms with Crippen molar-refractivity contribution in [1.82, 2.24) is 9.78 Å². The average molecular weight is 183 g/mol. The van der Waals surface area contributed by atoms with Crippen molar-refractivity contribution in [3.63, 3.8) is 0 Å². The maximum absolute atomic E-state index is 12.3. The number of hydrogen-bond donors (Lipinski definition) is 1. The summed E-state index contributed by atoms with van der Waals surface area (Å²) < 4.78 is 25.3. The van der Waals surface area contributed by atoms with Crippen LogP contribution in [-0.4, -0.2) is 9.78 Å². The molecule has 0 saturated heterocycles. The summed E-state index contributed by atoms with van der Waals surface area (Å²) in [5, 5.41) is 4.10. The molecular formula is C8H7F2N3. The third kappa shape index (κ3) is 1.12. The fourth-order valence-electron chi connectivity index (χ4n) is 1.25. The number of anilines is 1. The number of benzene rings is 1. The lowest BCUT2D eigenvalue weighted by Crippen LogP contribution is -1.99. The molecule has 0 spiro atoms. The van der Waals surface area contributed by atoms with Gasteiger partial charge in [0.25, 0.3) is 0 Å². The van der Waals surface area contributed by atoms with Crippen LogP contribution in [0.2, 0.25) is 0 Å². The number of alkyl halides is 2. The largest absolute Gasteiger partial charge is 0.398 e. The summed E-state index contributed by atoms with van der Waals surface area (Å²) in [7, 11) is 0. The number of nitrogens with two attached hydrogens (primary N) is 1. The Morgan fingerprint density at radius 2 is 2.15 bits per heavy atom. The number of halogens is 2. The molecule has 0 atom stereocenters. The third-order valence-corrected chi connectivity index (χ3v) is 1.86. The molecule has 68 valence electrons. The summed E-state index contributed by atoms with van der Waals surface area (Å²) in [5.41, 5.74) is 6.39. The van der Waals surface area contributed by atoms with Crippen molar-refractivity contribution in [2.45, 2.75) is 6.55 Å². The van der Waals surface area contributed by atoms with E-state index in [2.05, 4.69) is 5.10 Å². The molecule has 0 fully saturated rings. The van der Waals surface area contributed by atoms with Crippen molar-refractivity contribution in [2.24, 2.45) is 0 Å². The van der Waals surface area contributed by atoms with Gasteiger partial charge < -0.3 is 5.73 Å². The summed E-state index contributed by atoms with van der Waals surface area (Å²) in [6.07, 6.45) is 1.34. The van der Waals surface area contributed by atoms with Gasteiger partial charge in [0.1, 0.15) is 0 Å². The van der Waals surface area contributed by atoms with E-state index in [1.807, 2.05) is 0 Å². The molecule has 0 radical (unpaired) electrons. The standard InChI is InChI=1S/C8H7F2N3/c9-8(10)13-7-3-1-2-6(11)5(7)4-12-13/h1-4,8H,11H2. The molecule has 3 nitrogen and oxygen atoms in total. The molecule has 0 saturated carbocycles. The predicted octanol–water partition coefficient (Wildman–Crippen LogP) is 2.01. The molecule has 0 aliphatic rings. The Morgan fingerprint density at radius 3 is 2.85 bits per heavy atom. The monoisotopic (exact) mass is 183 g/mol. The Balaban J connectivity index is 2.75. The molecule has 0 aliphatic carbocycles. The summed E-state index contributed by atoms with van der Waals surface area (Å²) in [4.78, 5) is 0. The molecule has 0 unspecified atom stereocenters. The van der Waals surface area contributed by atoms with Crippen molar-refractivity contribution in [2.75, 3.05) is 5.73 Å². The van der Waals surface area contributed by atoms with Gasteiger partial charge in [-0.1, -0.05) is 6.07 Å². The van der Waals surface area contributed by atoms with Gasteiger partial charge in [0.15, 0.2) is 0 Å². The number of hydrogen-bond acceptors (Lipinski definition) is 2. The minimum Gasteiger partial charge on any atom is -0.398 e. The summed E-state index contributed by atoms with van der Waals surface area (Å²) in [5.74, 6) is 0. The fourth-order valence-corrected chi connectivity index (χ4v) is 1.25. The van der Waals surface area contributed by atoms with E-state index in [0.717, 1.165) is 0 Å². The van der Waals surface area contributed by atoms with E-state index in [0.29, 0.717) is 21.3 Å². The first-order valence-corrected chi connectivity index (χ1v) is 3.70. The Hall–Kier alpha value is -1.65. The van der Waals surface area contributed by atoms with Gasteiger partial charge in [-0.3, -0.25) is 0 Å². The van der Waals surface area contributed by atoms with Crippen LogP contribution in [0.25, 0.3) is 10.9 Å². The smallest absolute Gasteiger partial charge is 0.333 e. The minimum atomic E-state index is -2.63. The molecule has 13 heavy (non-hydrogen) atoms. The van der Waals surface area contributed by atoms with E-state index in [-0.39, 0.29) is 0 Å². The van der Waals surface area contributed by atoms with Crippen molar-refractivity contribution >= 4 is 16.6 Å². The number of nitrogen functional groups attached to an aromatic ring is 1. The van der Waals surface area contributed by atoms with Gasteiger partial charge in [-0.25, -0.2) is 4.68 Å². The quantitative estimate of drug-likeness (QED) is 0.687. The maximum atomic E-state index is 12.3. The lowest BCUT2D eigenvalue weighted by molar-refractivity contribution is 0.0615. The van der Waals surface area contributed by atoms with E-state index in [9.17, 15) is 8.78 Å². The Labute approximate surface area is 72.8 Å². The van der Waals surface area contributed by atoms with Crippen LogP contribution in [0, 0.1) is 0 Å². The van der Waals surface area contributed by atoms with Crippen molar-refractivity contribution in [3.05, 3.63) is 24.4 Å². The summed E-state index contributed by atoms with van der Waals surface area (Å²) >= 11 is 0. The zero-order valence-corrected chi connectivity index (χ0v) is 6.61. The molecule has 2 N–H and O–H groups in total. The van der Waals surface area contributed by atoms with Crippen LogP contribution in [0.15, 0.2) is 24.4 Å². The third-order valence-electron chi connectivity index (χ3n) is 1.86. The SMILES string of the molecule is Nc1cccc2c1cnn2C(F)F. The van der Waals surface area contributed by atoms with Gasteiger partial charge >= 0.3 is 6.55 Å². The minimum absolute atomic E-state index is 0.356. The Kier molecular flexibility index (Phi) is 1.65. The predicted molar refractivity (Wildman–Crippen MR) is 45.4 cm³/mol. The molecule has 2 rings (SSSR count). The second-order valence-electron chi connectivity index (χ2n) is 2.65. The van der Waals surface area contributed by atoms with Crippen LogP contribution in [0.3, 0.4) is 0 Å². The number of nitrogens with zero attached hydrogens (tertiary/aromatic N) is 2. The van der Waals surface area contributed by atoms with Gasteiger partial charge in [0.2, 0.25) is 0 Å².